The van der Waals surface area contributed by atoms with Crippen LogP contribution in [0, 0.1) is 5.41 Å². The van der Waals surface area contributed by atoms with E-state index in [9.17, 15) is 5.11 Å². The van der Waals surface area contributed by atoms with Gasteiger partial charge in [-0.25, -0.2) is 4.98 Å². The van der Waals surface area contributed by atoms with E-state index < -0.39 is 0 Å². The Hall–Kier alpha value is -1.65. The topological polar surface area (TPSA) is 58.3 Å². The Bertz CT molecular complexity index is 667. The molecule has 0 radical (unpaired) electrons. The van der Waals surface area contributed by atoms with E-state index in [1.807, 2.05) is 6.07 Å². The molecule has 0 bridgehead atoms. The van der Waals surface area contributed by atoms with Gasteiger partial charge in [-0.05, 0) is 18.4 Å². The molecule has 1 aliphatic rings. The predicted octanol–water partition coefficient (Wildman–Crippen LogP) is 4.36. The summed E-state index contributed by atoms with van der Waals surface area (Å²) >= 11 is 0. The molecule has 1 aromatic heterocycles. The van der Waals surface area contributed by atoms with Gasteiger partial charge >= 0.3 is 0 Å². The monoisotopic (exact) mass is 342 g/mol. The lowest BCUT2D eigenvalue weighted by molar-refractivity contribution is 0.0849. The van der Waals surface area contributed by atoms with Crippen LogP contribution in [0.2, 0.25) is 0 Å². The highest BCUT2D eigenvalue weighted by Gasteiger charge is 2.41. The molecule has 3 rings (SSSR count). The number of benzene rings is 1. The molecule has 1 aromatic carbocycles. The van der Waals surface area contributed by atoms with Gasteiger partial charge in [0.25, 0.3) is 0 Å². The van der Waals surface area contributed by atoms with Crippen LogP contribution in [0.15, 0.2) is 41.0 Å². The third-order valence-corrected chi connectivity index (χ3v) is 5.34. The number of aliphatic hydroxyl groups excluding tert-OH is 1. The summed E-state index contributed by atoms with van der Waals surface area (Å²) in [5.41, 5.74) is 1.97. The Morgan fingerprint density at radius 3 is 2.44 bits per heavy atom. The Morgan fingerprint density at radius 1 is 1.20 bits per heavy atom. The number of nitrogens with one attached hydrogen (secondary N) is 1. The van der Waals surface area contributed by atoms with Crippen LogP contribution < -0.4 is 5.32 Å². The second-order valence-electron chi connectivity index (χ2n) is 8.35. The fraction of sp³-hybridized carbons (Fsp3) is 0.571. The van der Waals surface area contributed by atoms with Crippen LogP contribution in [0.4, 0.5) is 0 Å². The normalized spacial score (nSPS) is 18.4. The minimum Gasteiger partial charge on any atom is -0.448 e. The quantitative estimate of drug-likeness (QED) is 0.819. The Balaban J connectivity index is 1.80. The van der Waals surface area contributed by atoms with Crippen LogP contribution in [0.3, 0.4) is 0 Å². The molecule has 0 aliphatic heterocycles. The van der Waals surface area contributed by atoms with Crippen molar-refractivity contribution in [3.63, 3.8) is 0 Å². The van der Waals surface area contributed by atoms with Gasteiger partial charge in [0.05, 0.1) is 12.3 Å². The first kappa shape index (κ1) is 18.2. The average molecular weight is 342 g/mol. The Morgan fingerprint density at radius 2 is 1.88 bits per heavy atom. The molecule has 1 saturated carbocycles. The average Bonchev–Trinajstić information content (AvgIpc) is 3.26. The molecular formula is C21H30N2O2. The van der Waals surface area contributed by atoms with Crippen LogP contribution in [0.25, 0.3) is 0 Å². The molecule has 1 unspecified atom stereocenters. The first-order valence-corrected chi connectivity index (χ1v) is 9.29. The molecule has 1 atom stereocenters. The molecule has 0 spiro atoms. The van der Waals surface area contributed by atoms with Crippen molar-refractivity contribution in [3.8, 4) is 0 Å². The second-order valence-corrected chi connectivity index (χ2v) is 8.35. The van der Waals surface area contributed by atoms with E-state index >= 15 is 0 Å². The summed E-state index contributed by atoms with van der Waals surface area (Å²) in [6, 6.07) is 10.6. The van der Waals surface area contributed by atoms with E-state index in [-0.39, 0.29) is 23.5 Å². The molecule has 0 saturated heterocycles. The van der Waals surface area contributed by atoms with Gasteiger partial charge in [0.1, 0.15) is 6.26 Å². The van der Waals surface area contributed by atoms with Gasteiger partial charge in [0, 0.05) is 23.4 Å². The molecule has 2 aromatic rings. The number of hydrogen-bond acceptors (Lipinski definition) is 4. The number of aliphatic hydroxyl groups is 1. The first-order chi connectivity index (χ1) is 11.9. The maximum atomic E-state index is 10.2. The van der Waals surface area contributed by atoms with Crippen molar-refractivity contribution in [2.24, 2.45) is 5.41 Å². The fourth-order valence-electron chi connectivity index (χ4n) is 3.89. The number of hydrogen-bond donors (Lipinski definition) is 2. The summed E-state index contributed by atoms with van der Waals surface area (Å²) in [7, 11) is 0. The summed E-state index contributed by atoms with van der Waals surface area (Å²) in [6.45, 7) is 7.15. The van der Waals surface area contributed by atoms with E-state index in [0.717, 1.165) is 24.4 Å². The van der Waals surface area contributed by atoms with Crippen LogP contribution in [-0.2, 0) is 12.0 Å². The SMILES string of the molecule is CC(C)(C)c1nc(CNC(c2ccccc2)C2(CO)CCCC2)co1. The van der Waals surface area contributed by atoms with E-state index in [1.165, 1.54) is 18.4 Å². The molecule has 2 N–H and O–H groups in total. The van der Waals surface area contributed by atoms with Crippen LogP contribution >= 0.6 is 0 Å². The molecule has 136 valence electrons. The van der Waals surface area contributed by atoms with Gasteiger partial charge in [0.2, 0.25) is 0 Å². The van der Waals surface area contributed by atoms with Crippen LogP contribution in [-0.4, -0.2) is 16.7 Å². The molecular weight excluding hydrogens is 312 g/mol. The number of nitrogens with zero attached hydrogens (tertiary/aromatic N) is 1. The standard InChI is InChI=1S/C21H30N2O2/c1-20(2,3)19-23-17(14-25-19)13-22-18(16-9-5-4-6-10-16)21(15-24)11-7-8-12-21/h4-6,9-10,14,18,22,24H,7-8,11-13,15H2,1-3H3. The smallest absolute Gasteiger partial charge is 0.199 e. The zero-order valence-corrected chi connectivity index (χ0v) is 15.6. The summed E-state index contributed by atoms with van der Waals surface area (Å²) in [4.78, 5) is 4.63. The van der Waals surface area contributed by atoms with Crippen molar-refractivity contribution in [2.45, 2.75) is 64.5 Å². The maximum absolute atomic E-state index is 10.2. The molecule has 1 aliphatic carbocycles. The van der Waals surface area contributed by atoms with Gasteiger partial charge in [0.15, 0.2) is 5.89 Å². The number of oxazole rings is 1. The highest BCUT2D eigenvalue weighted by Crippen LogP contribution is 2.47. The molecule has 4 heteroatoms. The van der Waals surface area contributed by atoms with Crippen LogP contribution in [0.1, 0.15) is 69.6 Å². The van der Waals surface area contributed by atoms with Gasteiger partial charge in [-0.15, -0.1) is 0 Å². The highest BCUT2D eigenvalue weighted by molar-refractivity contribution is 5.22. The summed E-state index contributed by atoms with van der Waals surface area (Å²) < 4.78 is 5.64. The van der Waals surface area contributed by atoms with Crippen LogP contribution in [0.5, 0.6) is 0 Å². The van der Waals surface area contributed by atoms with Crippen molar-refractivity contribution in [1.29, 1.82) is 0 Å². The number of rotatable bonds is 6. The fourth-order valence-corrected chi connectivity index (χ4v) is 3.89. The number of aromatic nitrogens is 1. The Labute approximate surface area is 150 Å². The van der Waals surface area contributed by atoms with Crippen molar-refractivity contribution in [1.82, 2.24) is 10.3 Å². The minimum atomic E-state index is -0.0884. The van der Waals surface area contributed by atoms with Crippen molar-refractivity contribution in [2.75, 3.05) is 6.61 Å². The van der Waals surface area contributed by atoms with E-state index in [0.29, 0.717) is 6.54 Å². The summed E-state index contributed by atoms with van der Waals surface area (Å²) in [5, 5.41) is 13.9. The molecule has 0 amide bonds. The van der Waals surface area contributed by atoms with E-state index in [2.05, 4.69) is 55.3 Å². The molecule has 4 nitrogen and oxygen atoms in total. The molecule has 25 heavy (non-hydrogen) atoms. The molecule has 1 fully saturated rings. The molecule has 1 heterocycles. The summed E-state index contributed by atoms with van der Waals surface area (Å²) in [6.07, 6.45) is 6.23. The zero-order valence-electron chi connectivity index (χ0n) is 15.6. The largest absolute Gasteiger partial charge is 0.448 e. The second kappa shape index (κ2) is 7.30. The lowest BCUT2D eigenvalue weighted by Gasteiger charge is -2.37. The predicted molar refractivity (Wildman–Crippen MR) is 99.2 cm³/mol. The lowest BCUT2D eigenvalue weighted by Crippen LogP contribution is -2.39. The highest BCUT2D eigenvalue weighted by atomic mass is 16.3. The lowest BCUT2D eigenvalue weighted by atomic mass is 9.76. The van der Waals surface area contributed by atoms with Gasteiger partial charge in [-0.2, -0.15) is 0 Å². The van der Waals surface area contributed by atoms with Crippen molar-refractivity contribution in [3.05, 3.63) is 53.7 Å². The third kappa shape index (κ3) is 3.96. The van der Waals surface area contributed by atoms with E-state index in [1.54, 1.807) is 6.26 Å². The Kier molecular flexibility index (Phi) is 5.30. The summed E-state index contributed by atoms with van der Waals surface area (Å²) in [5.74, 6) is 0.762. The minimum absolute atomic E-state index is 0.0854. The first-order valence-electron chi connectivity index (χ1n) is 9.29. The van der Waals surface area contributed by atoms with Crippen molar-refractivity contribution >= 4 is 0 Å². The maximum Gasteiger partial charge on any atom is 0.199 e. The van der Waals surface area contributed by atoms with Gasteiger partial charge in [-0.3, -0.25) is 0 Å². The van der Waals surface area contributed by atoms with Crippen molar-refractivity contribution < 1.29 is 9.52 Å². The van der Waals surface area contributed by atoms with Gasteiger partial charge < -0.3 is 14.8 Å². The van der Waals surface area contributed by atoms with Gasteiger partial charge in [-0.1, -0.05) is 63.9 Å². The third-order valence-electron chi connectivity index (χ3n) is 5.34. The zero-order chi connectivity index (χ0) is 17.9. The van der Waals surface area contributed by atoms with E-state index in [4.69, 9.17) is 4.42 Å².